The number of hydrogen-bond acceptors (Lipinski definition) is 4. The van der Waals surface area contributed by atoms with Crippen LogP contribution in [0.5, 0.6) is 0 Å². The molecule has 1 aliphatic rings. The van der Waals surface area contributed by atoms with Crippen molar-refractivity contribution in [2.45, 2.75) is 12.3 Å². The predicted octanol–water partition coefficient (Wildman–Crippen LogP) is 1.68. The Labute approximate surface area is 116 Å². The smallest absolute Gasteiger partial charge is 0.243 e. The van der Waals surface area contributed by atoms with Crippen molar-refractivity contribution >= 4 is 23.1 Å². The van der Waals surface area contributed by atoms with Gasteiger partial charge >= 0.3 is 0 Å². The molecule has 94 valence electrons. The van der Waals surface area contributed by atoms with Crippen molar-refractivity contribution in [2.24, 2.45) is 11.8 Å². The molecule has 1 fully saturated rings. The fraction of sp³-hybridized carbons (Fsp3) is 0.286. The molecule has 1 heterocycles. The standard InChI is InChI=1S/C14H11N3OS/c1-14(9-5-3-2-4-6-9)10(7-15)12(18)17-13(19)11(14)8-16/h2-6,10-11H,1H3,(H,17,18,19). The number of nitrogens with zero attached hydrogens (tertiary/aromatic N) is 2. The minimum Gasteiger partial charge on any atom is -0.318 e. The zero-order valence-electron chi connectivity index (χ0n) is 10.3. The van der Waals surface area contributed by atoms with Gasteiger partial charge in [0.05, 0.1) is 12.1 Å². The Bertz CT molecular complexity index is 580. The van der Waals surface area contributed by atoms with E-state index >= 15 is 0 Å². The fourth-order valence-electron chi connectivity index (χ4n) is 2.49. The Morgan fingerprint density at radius 1 is 1.21 bits per heavy atom. The molecule has 2 rings (SSSR count). The summed E-state index contributed by atoms with van der Waals surface area (Å²) in [6.45, 7) is 1.75. The number of carbonyl (C=O) groups excluding carboxylic acids is 1. The van der Waals surface area contributed by atoms with Crippen LogP contribution < -0.4 is 5.32 Å². The molecular weight excluding hydrogens is 258 g/mol. The van der Waals surface area contributed by atoms with Gasteiger partial charge in [-0.15, -0.1) is 0 Å². The summed E-state index contributed by atoms with van der Waals surface area (Å²) in [6.07, 6.45) is 0. The molecule has 0 radical (unpaired) electrons. The van der Waals surface area contributed by atoms with Crippen molar-refractivity contribution in [2.75, 3.05) is 0 Å². The van der Waals surface area contributed by atoms with Crippen LogP contribution in [0.25, 0.3) is 0 Å². The van der Waals surface area contributed by atoms with Crippen LogP contribution in [-0.4, -0.2) is 10.9 Å². The maximum atomic E-state index is 12.0. The third-order valence-corrected chi connectivity index (χ3v) is 3.96. The van der Waals surface area contributed by atoms with E-state index < -0.39 is 23.2 Å². The van der Waals surface area contributed by atoms with E-state index in [0.717, 1.165) is 5.56 Å². The van der Waals surface area contributed by atoms with Crippen LogP contribution >= 0.6 is 12.2 Å². The number of piperidine rings is 1. The molecule has 1 aliphatic heterocycles. The fourth-order valence-corrected chi connectivity index (χ4v) is 2.89. The van der Waals surface area contributed by atoms with Gasteiger partial charge in [-0.3, -0.25) is 4.79 Å². The third-order valence-electron chi connectivity index (χ3n) is 3.62. The quantitative estimate of drug-likeness (QED) is 0.787. The molecule has 3 atom stereocenters. The first-order valence-corrected chi connectivity index (χ1v) is 6.16. The molecule has 3 unspecified atom stereocenters. The maximum Gasteiger partial charge on any atom is 0.243 e. The average molecular weight is 269 g/mol. The van der Waals surface area contributed by atoms with Crippen LogP contribution in [-0.2, 0) is 10.2 Å². The number of carbonyl (C=O) groups is 1. The number of hydrogen-bond donors (Lipinski definition) is 1. The minimum atomic E-state index is -0.939. The van der Waals surface area contributed by atoms with Crippen molar-refractivity contribution in [3.63, 3.8) is 0 Å². The highest BCUT2D eigenvalue weighted by Gasteiger charge is 2.52. The van der Waals surface area contributed by atoms with E-state index in [1.54, 1.807) is 6.92 Å². The summed E-state index contributed by atoms with van der Waals surface area (Å²) in [5.41, 5.74) is -0.158. The van der Waals surface area contributed by atoms with Gasteiger partial charge in [0, 0.05) is 5.41 Å². The Morgan fingerprint density at radius 2 is 1.79 bits per heavy atom. The molecule has 1 N–H and O–H groups in total. The van der Waals surface area contributed by atoms with Crippen molar-refractivity contribution in [1.29, 1.82) is 10.5 Å². The molecule has 1 aromatic rings. The first-order valence-electron chi connectivity index (χ1n) is 5.75. The summed E-state index contributed by atoms with van der Waals surface area (Å²) in [5.74, 6) is -2.08. The number of rotatable bonds is 1. The van der Waals surface area contributed by atoms with Gasteiger partial charge in [-0.1, -0.05) is 49.5 Å². The topological polar surface area (TPSA) is 76.7 Å². The van der Waals surface area contributed by atoms with E-state index in [4.69, 9.17) is 12.2 Å². The number of amides is 1. The Balaban J connectivity index is 2.65. The summed E-state index contributed by atoms with van der Waals surface area (Å²) in [5, 5.41) is 21.1. The highest BCUT2D eigenvalue weighted by atomic mass is 32.1. The van der Waals surface area contributed by atoms with Gasteiger partial charge in [-0.2, -0.15) is 10.5 Å². The van der Waals surface area contributed by atoms with E-state index in [0.29, 0.717) is 0 Å². The van der Waals surface area contributed by atoms with Gasteiger partial charge < -0.3 is 5.32 Å². The lowest BCUT2D eigenvalue weighted by Crippen LogP contribution is -2.57. The molecule has 5 heteroatoms. The normalized spacial score (nSPS) is 30.1. The second-order valence-corrected chi connectivity index (χ2v) is 5.07. The van der Waals surface area contributed by atoms with E-state index in [2.05, 4.69) is 11.4 Å². The number of benzene rings is 1. The molecule has 0 aromatic heterocycles. The van der Waals surface area contributed by atoms with Gasteiger partial charge in [0.1, 0.15) is 16.8 Å². The van der Waals surface area contributed by atoms with Crippen LogP contribution in [0.4, 0.5) is 0 Å². The minimum absolute atomic E-state index is 0.186. The lowest BCUT2D eigenvalue weighted by molar-refractivity contribution is -0.124. The number of nitrogens with one attached hydrogen (secondary N) is 1. The molecule has 0 spiro atoms. The van der Waals surface area contributed by atoms with Gasteiger partial charge in [0.2, 0.25) is 5.91 Å². The summed E-state index contributed by atoms with van der Waals surface area (Å²) >= 11 is 5.09. The van der Waals surface area contributed by atoms with E-state index in [1.807, 2.05) is 36.4 Å². The first kappa shape index (κ1) is 13.2. The zero-order chi connectivity index (χ0) is 14.0. The molecule has 0 bridgehead atoms. The SMILES string of the molecule is CC1(c2ccccc2)C(C#N)C(=O)NC(=S)C1C#N. The molecule has 4 nitrogen and oxygen atoms in total. The molecule has 19 heavy (non-hydrogen) atoms. The molecular formula is C14H11N3OS. The van der Waals surface area contributed by atoms with Crippen molar-refractivity contribution in [3.05, 3.63) is 35.9 Å². The average Bonchev–Trinajstić information content (AvgIpc) is 2.40. The molecule has 0 aliphatic carbocycles. The molecule has 0 saturated carbocycles. The highest BCUT2D eigenvalue weighted by molar-refractivity contribution is 7.80. The Hall–Kier alpha value is -2.24. The Morgan fingerprint density at radius 3 is 2.32 bits per heavy atom. The van der Waals surface area contributed by atoms with E-state index in [1.165, 1.54) is 0 Å². The van der Waals surface area contributed by atoms with Crippen LogP contribution in [0, 0.1) is 34.5 Å². The summed E-state index contributed by atoms with van der Waals surface area (Å²) < 4.78 is 0. The number of thiocarbonyl (C=S) groups is 1. The van der Waals surface area contributed by atoms with Crippen LogP contribution in [0.2, 0.25) is 0 Å². The van der Waals surface area contributed by atoms with Crippen LogP contribution in [0.3, 0.4) is 0 Å². The second-order valence-electron chi connectivity index (χ2n) is 4.63. The summed E-state index contributed by atoms with van der Waals surface area (Å²) in [7, 11) is 0. The largest absolute Gasteiger partial charge is 0.318 e. The number of nitriles is 2. The maximum absolute atomic E-state index is 12.0. The van der Waals surface area contributed by atoms with E-state index in [-0.39, 0.29) is 4.99 Å². The van der Waals surface area contributed by atoms with Gasteiger partial charge in [0.15, 0.2) is 0 Å². The lowest BCUT2D eigenvalue weighted by Gasteiger charge is -2.41. The Kier molecular flexibility index (Phi) is 3.33. The van der Waals surface area contributed by atoms with Gasteiger partial charge in [-0.05, 0) is 5.56 Å². The lowest BCUT2D eigenvalue weighted by atomic mass is 9.62. The van der Waals surface area contributed by atoms with Gasteiger partial charge in [0.25, 0.3) is 0 Å². The molecule has 1 aromatic carbocycles. The molecule has 1 saturated heterocycles. The van der Waals surface area contributed by atoms with Crippen molar-refractivity contribution in [3.8, 4) is 12.1 Å². The monoisotopic (exact) mass is 269 g/mol. The predicted molar refractivity (Wildman–Crippen MR) is 72.7 cm³/mol. The third kappa shape index (κ3) is 1.89. The van der Waals surface area contributed by atoms with Crippen molar-refractivity contribution in [1.82, 2.24) is 5.32 Å². The summed E-state index contributed by atoms with van der Waals surface area (Å²) in [6, 6.07) is 13.2. The van der Waals surface area contributed by atoms with Gasteiger partial charge in [-0.25, -0.2) is 0 Å². The highest BCUT2D eigenvalue weighted by Crippen LogP contribution is 2.42. The second kappa shape index (κ2) is 4.79. The van der Waals surface area contributed by atoms with Crippen LogP contribution in [0.1, 0.15) is 12.5 Å². The van der Waals surface area contributed by atoms with E-state index in [9.17, 15) is 15.3 Å². The van der Waals surface area contributed by atoms with Crippen molar-refractivity contribution < 1.29 is 4.79 Å². The van der Waals surface area contributed by atoms with Crippen LogP contribution in [0.15, 0.2) is 30.3 Å². The first-order chi connectivity index (χ1) is 9.05. The summed E-state index contributed by atoms with van der Waals surface area (Å²) in [4.78, 5) is 12.1. The molecule has 1 amide bonds. The zero-order valence-corrected chi connectivity index (χ0v) is 11.1.